The van der Waals surface area contributed by atoms with E-state index >= 15 is 0 Å². The van der Waals surface area contributed by atoms with E-state index in [4.69, 9.17) is 4.98 Å². The maximum absolute atomic E-state index is 13.0. The van der Waals surface area contributed by atoms with Gasteiger partial charge in [-0.3, -0.25) is 14.2 Å². The van der Waals surface area contributed by atoms with Crippen molar-refractivity contribution >= 4 is 39.9 Å². The molecule has 2 heterocycles. The predicted octanol–water partition coefficient (Wildman–Crippen LogP) is 4.11. The average Bonchev–Trinajstić information content (AvgIpc) is 3.53. The third kappa shape index (κ3) is 4.44. The normalized spacial score (nSPS) is 13.4. The van der Waals surface area contributed by atoms with Gasteiger partial charge in [-0.05, 0) is 37.5 Å². The second kappa shape index (κ2) is 8.84. The summed E-state index contributed by atoms with van der Waals surface area (Å²) in [6.45, 7) is 2.47. The lowest BCUT2D eigenvalue weighted by Gasteiger charge is -2.11. The number of aromatic nitrogens is 4. The molecule has 0 unspecified atom stereocenters. The van der Waals surface area contributed by atoms with Crippen molar-refractivity contribution in [3.05, 3.63) is 80.0 Å². The van der Waals surface area contributed by atoms with Crippen molar-refractivity contribution in [2.45, 2.75) is 43.3 Å². The summed E-state index contributed by atoms with van der Waals surface area (Å²) >= 11 is 2.73. The Bertz CT molecular complexity index is 1340. The fraction of sp³-hybridized carbons (Fsp3) is 0.261. The van der Waals surface area contributed by atoms with E-state index in [9.17, 15) is 9.59 Å². The Labute approximate surface area is 192 Å². The highest BCUT2D eigenvalue weighted by molar-refractivity contribution is 7.98. The van der Waals surface area contributed by atoms with Gasteiger partial charge in [0.1, 0.15) is 5.01 Å². The molecule has 4 aromatic rings. The minimum absolute atomic E-state index is 0.00837. The number of nitrogens with zero attached hydrogens (tertiary/aromatic N) is 4. The van der Waals surface area contributed by atoms with Crippen molar-refractivity contribution in [2.75, 3.05) is 0 Å². The smallest absolute Gasteiger partial charge is 0.282 e. The zero-order chi connectivity index (χ0) is 22.1. The van der Waals surface area contributed by atoms with Gasteiger partial charge < -0.3 is 5.32 Å². The molecular weight excluding hydrogens is 442 g/mol. The van der Waals surface area contributed by atoms with Crippen LogP contribution in [0.25, 0.3) is 10.9 Å². The van der Waals surface area contributed by atoms with Gasteiger partial charge in [-0.25, -0.2) is 4.98 Å². The van der Waals surface area contributed by atoms with E-state index in [0.717, 1.165) is 23.4 Å². The molecule has 9 heteroatoms. The molecule has 0 aliphatic heterocycles. The van der Waals surface area contributed by atoms with E-state index in [1.807, 2.05) is 60.0 Å². The molecule has 1 aliphatic rings. The Kier molecular flexibility index (Phi) is 5.75. The van der Waals surface area contributed by atoms with Crippen LogP contribution in [0.1, 0.15) is 44.8 Å². The van der Waals surface area contributed by atoms with Gasteiger partial charge in [0.2, 0.25) is 5.01 Å². The number of benzene rings is 2. The van der Waals surface area contributed by atoms with Crippen LogP contribution in [0, 0.1) is 6.92 Å². The number of nitrogens with one attached hydrogen (secondary N) is 1. The van der Waals surface area contributed by atoms with Gasteiger partial charge in [0.25, 0.3) is 11.5 Å². The van der Waals surface area contributed by atoms with Crippen LogP contribution in [0.4, 0.5) is 0 Å². The van der Waals surface area contributed by atoms with E-state index in [-0.39, 0.29) is 17.5 Å². The van der Waals surface area contributed by atoms with E-state index in [1.165, 1.54) is 28.7 Å². The number of carbonyl (C=O) groups excluding carboxylic acids is 1. The summed E-state index contributed by atoms with van der Waals surface area (Å²) in [7, 11) is 0. The fourth-order valence-electron chi connectivity index (χ4n) is 3.38. The highest BCUT2D eigenvalue weighted by atomic mass is 32.2. The number of hydrogen-bond acceptors (Lipinski definition) is 7. The van der Waals surface area contributed by atoms with Crippen LogP contribution in [0.2, 0.25) is 0 Å². The van der Waals surface area contributed by atoms with Crippen molar-refractivity contribution in [1.29, 1.82) is 0 Å². The summed E-state index contributed by atoms with van der Waals surface area (Å²) in [6.07, 6.45) is 2.00. The summed E-state index contributed by atoms with van der Waals surface area (Å²) in [5, 5.41) is 13.5. The topological polar surface area (TPSA) is 89.8 Å². The van der Waals surface area contributed by atoms with Crippen LogP contribution in [0.3, 0.4) is 0 Å². The minimum atomic E-state index is -0.238. The van der Waals surface area contributed by atoms with Crippen molar-refractivity contribution in [3.63, 3.8) is 0 Å². The van der Waals surface area contributed by atoms with Crippen LogP contribution in [0.5, 0.6) is 0 Å². The van der Waals surface area contributed by atoms with Gasteiger partial charge in [0.15, 0.2) is 5.16 Å². The molecule has 1 N–H and O–H groups in total. The Morgan fingerprint density at radius 2 is 1.94 bits per heavy atom. The molecular formula is C23H21N5O2S2. The lowest BCUT2D eigenvalue weighted by Crippen LogP contribution is -2.22. The van der Waals surface area contributed by atoms with Crippen LogP contribution < -0.4 is 10.9 Å². The maximum Gasteiger partial charge on any atom is 0.282 e. The Morgan fingerprint density at radius 3 is 2.72 bits per heavy atom. The lowest BCUT2D eigenvalue weighted by molar-refractivity contribution is 0.0950. The quantitative estimate of drug-likeness (QED) is 0.328. The molecule has 1 amide bonds. The molecule has 7 nitrogen and oxygen atoms in total. The van der Waals surface area contributed by atoms with Crippen molar-refractivity contribution in [3.8, 4) is 0 Å². The highest BCUT2D eigenvalue weighted by Crippen LogP contribution is 2.37. The van der Waals surface area contributed by atoms with Gasteiger partial charge in [0, 0.05) is 12.6 Å². The molecule has 0 spiro atoms. The second-order valence-corrected chi connectivity index (χ2v) is 9.78. The van der Waals surface area contributed by atoms with Crippen LogP contribution >= 0.6 is 23.1 Å². The highest BCUT2D eigenvalue weighted by Gasteiger charge is 2.28. The van der Waals surface area contributed by atoms with Gasteiger partial charge in [-0.2, -0.15) is 0 Å². The summed E-state index contributed by atoms with van der Waals surface area (Å²) in [5.41, 5.74) is 2.92. The van der Waals surface area contributed by atoms with Gasteiger partial charge in [-0.1, -0.05) is 65.1 Å². The zero-order valence-corrected chi connectivity index (χ0v) is 19.1. The number of rotatable bonds is 7. The number of carbonyl (C=O) groups is 1. The first-order valence-electron chi connectivity index (χ1n) is 10.4. The fourth-order valence-corrected chi connectivity index (χ4v) is 5.18. The molecule has 1 fully saturated rings. The first-order chi connectivity index (χ1) is 15.6. The van der Waals surface area contributed by atoms with E-state index < -0.39 is 0 Å². The number of amides is 1. The molecule has 32 heavy (non-hydrogen) atoms. The number of para-hydroxylation sites is 1. The molecule has 1 saturated carbocycles. The van der Waals surface area contributed by atoms with E-state index in [2.05, 4.69) is 15.5 Å². The average molecular weight is 464 g/mol. The van der Waals surface area contributed by atoms with Crippen molar-refractivity contribution < 1.29 is 4.79 Å². The summed E-state index contributed by atoms with van der Waals surface area (Å²) in [5.74, 6) is 0.262. The number of fused-ring (bicyclic) bond motifs is 1. The first kappa shape index (κ1) is 20.8. The summed E-state index contributed by atoms with van der Waals surface area (Å²) in [4.78, 5) is 30.1. The standard InChI is InChI=1S/C23H21N5O2S2/c1-14-6-8-15(9-7-14)12-24-20(29)21-27-26-19(32-21)13-31-23-25-18-5-3-2-4-17(18)22(30)28(23)16-10-11-16/h2-9,16H,10-13H2,1H3,(H,24,29). The Balaban J connectivity index is 1.27. The van der Waals surface area contributed by atoms with Crippen LogP contribution in [-0.2, 0) is 12.3 Å². The summed E-state index contributed by atoms with van der Waals surface area (Å²) < 4.78 is 1.81. The minimum Gasteiger partial charge on any atom is -0.346 e. The second-order valence-electron chi connectivity index (χ2n) is 7.78. The largest absolute Gasteiger partial charge is 0.346 e. The molecule has 2 aromatic heterocycles. The maximum atomic E-state index is 13.0. The van der Waals surface area contributed by atoms with Crippen molar-refractivity contribution in [2.24, 2.45) is 0 Å². The third-order valence-electron chi connectivity index (χ3n) is 5.25. The van der Waals surface area contributed by atoms with Gasteiger partial charge in [0.05, 0.1) is 16.7 Å². The molecule has 0 radical (unpaired) electrons. The number of aryl methyl sites for hydroxylation is 1. The van der Waals surface area contributed by atoms with E-state index in [0.29, 0.717) is 33.4 Å². The van der Waals surface area contributed by atoms with Crippen LogP contribution in [0.15, 0.2) is 58.5 Å². The lowest BCUT2D eigenvalue weighted by atomic mass is 10.1. The third-order valence-corrected chi connectivity index (χ3v) is 7.32. The zero-order valence-electron chi connectivity index (χ0n) is 17.4. The molecule has 0 bridgehead atoms. The Morgan fingerprint density at radius 1 is 1.16 bits per heavy atom. The molecule has 2 aromatic carbocycles. The SMILES string of the molecule is Cc1ccc(CNC(=O)c2nnc(CSc3nc4ccccc4c(=O)n3C3CC3)s2)cc1. The molecule has 0 saturated heterocycles. The molecule has 0 atom stereocenters. The first-order valence-corrected chi connectivity index (χ1v) is 12.2. The monoisotopic (exact) mass is 463 g/mol. The van der Waals surface area contributed by atoms with Gasteiger partial charge >= 0.3 is 0 Å². The van der Waals surface area contributed by atoms with Crippen molar-refractivity contribution in [1.82, 2.24) is 25.1 Å². The summed E-state index contributed by atoms with van der Waals surface area (Å²) in [6, 6.07) is 15.7. The molecule has 1 aliphatic carbocycles. The predicted molar refractivity (Wildman–Crippen MR) is 126 cm³/mol. The number of hydrogen-bond donors (Lipinski definition) is 1. The number of thioether (sulfide) groups is 1. The molecule has 162 valence electrons. The van der Waals surface area contributed by atoms with Gasteiger partial charge in [-0.15, -0.1) is 10.2 Å². The Hall–Kier alpha value is -3.04. The molecule has 5 rings (SSSR count). The van der Waals surface area contributed by atoms with E-state index in [1.54, 1.807) is 0 Å². The van der Waals surface area contributed by atoms with Crippen LogP contribution in [-0.4, -0.2) is 25.7 Å².